The molecule has 0 aromatic heterocycles. The van der Waals surface area contributed by atoms with E-state index >= 15 is 0 Å². The molecule has 4 heteroatoms. The van der Waals surface area contributed by atoms with Crippen molar-refractivity contribution in [2.75, 3.05) is 13.7 Å². The molecule has 2 unspecified atom stereocenters. The molecule has 0 heterocycles. The number of hydrogen-bond donors (Lipinski definition) is 2. The molecule has 0 aromatic rings. The Bertz CT molecular complexity index is 205. The van der Waals surface area contributed by atoms with Crippen LogP contribution in [0.5, 0.6) is 0 Å². The van der Waals surface area contributed by atoms with Crippen LogP contribution in [0.2, 0.25) is 0 Å². The first-order valence-corrected chi connectivity index (χ1v) is 5.67. The van der Waals surface area contributed by atoms with Crippen molar-refractivity contribution in [3.8, 4) is 0 Å². The van der Waals surface area contributed by atoms with Crippen molar-refractivity contribution in [3.63, 3.8) is 0 Å². The average molecular weight is 214 g/mol. The number of nitrogens with two attached hydrogens (primary N) is 1. The van der Waals surface area contributed by atoms with E-state index in [4.69, 9.17) is 10.5 Å². The van der Waals surface area contributed by atoms with Gasteiger partial charge in [0.2, 0.25) is 5.91 Å². The number of rotatable bonds is 7. The summed E-state index contributed by atoms with van der Waals surface area (Å²) in [5, 5.41) is 2.93. The SMILES string of the molecule is COCCC(C)NC(=O)CC(N)C1CC1. The van der Waals surface area contributed by atoms with Crippen molar-refractivity contribution < 1.29 is 9.53 Å². The summed E-state index contributed by atoms with van der Waals surface area (Å²) in [4.78, 5) is 11.5. The van der Waals surface area contributed by atoms with Gasteiger partial charge in [0, 0.05) is 32.2 Å². The number of nitrogens with one attached hydrogen (secondary N) is 1. The average Bonchev–Trinajstić information content (AvgIpc) is 2.97. The van der Waals surface area contributed by atoms with E-state index < -0.39 is 0 Å². The highest BCUT2D eigenvalue weighted by Gasteiger charge is 2.29. The fourth-order valence-electron chi connectivity index (χ4n) is 1.61. The largest absolute Gasteiger partial charge is 0.385 e. The Morgan fingerprint density at radius 2 is 2.27 bits per heavy atom. The second kappa shape index (κ2) is 6.08. The predicted molar refractivity (Wildman–Crippen MR) is 59.4 cm³/mol. The van der Waals surface area contributed by atoms with Gasteiger partial charge >= 0.3 is 0 Å². The Morgan fingerprint density at radius 3 is 2.80 bits per heavy atom. The second-order valence-corrected chi connectivity index (χ2v) is 4.46. The van der Waals surface area contributed by atoms with Gasteiger partial charge in [-0.2, -0.15) is 0 Å². The minimum absolute atomic E-state index is 0.0552. The monoisotopic (exact) mass is 214 g/mol. The molecule has 0 spiro atoms. The fourth-order valence-corrected chi connectivity index (χ4v) is 1.61. The molecule has 1 fully saturated rings. The molecule has 4 nitrogen and oxygen atoms in total. The van der Waals surface area contributed by atoms with Crippen LogP contribution >= 0.6 is 0 Å². The molecular weight excluding hydrogens is 192 g/mol. The molecule has 0 bridgehead atoms. The van der Waals surface area contributed by atoms with Crippen LogP contribution < -0.4 is 11.1 Å². The van der Waals surface area contributed by atoms with Crippen LogP contribution in [-0.4, -0.2) is 31.7 Å². The number of carbonyl (C=O) groups is 1. The van der Waals surface area contributed by atoms with Crippen LogP contribution in [-0.2, 0) is 9.53 Å². The number of carbonyl (C=O) groups excluding carboxylic acids is 1. The Hall–Kier alpha value is -0.610. The summed E-state index contributed by atoms with van der Waals surface area (Å²) in [6, 6.07) is 0.225. The lowest BCUT2D eigenvalue weighted by molar-refractivity contribution is -0.122. The number of methoxy groups -OCH3 is 1. The van der Waals surface area contributed by atoms with E-state index in [2.05, 4.69) is 5.32 Å². The normalized spacial score (nSPS) is 19.7. The number of amides is 1. The van der Waals surface area contributed by atoms with E-state index in [1.165, 1.54) is 12.8 Å². The van der Waals surface area contributed by atoms with Gasteiger partial charge in [-0.05, 0) is 32.1 Å². The summed E-state index contributed by atoms with van der Waals surface area (Å²) in [6.45, 7) is 2.66. The van der Waals surface area contributed by atoms with Crippen LogP contribution in [0.15, 0.2) is 0 Å². The maximum Gasteiger partial charge on any atom is 0.221 e. The Balaban J connectivity index is 2.10. The molecular formula is C11H22N2O2. The quantitative estimate of drug-likeness (QED) is 0.654. The number of ether oxygens (including phenoxy) is 1. The summed E-state index contributed by atoms with van der Waals surface area (Å²) >= 11 is 0. The highest BCUT2D eigenvalue weighted by molar-refractivity contribution is 5.76. The van der Waals surface area contributed by atoms with Crippen LogP contribution in [0.25, 0.3) is 0 Å². The first kappa shape index (κ1) is 12.5. The topological polar surface area (TPSA) is 64.3 Å². The highest BCUT2D eigenvalue weighted by atomic mass is 16.5. The maximum atomic E-state index is 11.5. The van der Waals surface area contributed by atoms with Gasteiger partial charge in [-0.15, -0.1) is 0 Å². The smallest absolute Gasteiger partial charge is 0.221 e. The van der Waals surface area contributed by atoms with Gasteiger partial charge < -0.3 is 15.8 Å². The number of hydrogen-bond acceptors (Lipinski definition) is 3. The molecule has 0 saturated heterocycles. The van der Waals surface area contributed by atoms with E-state index in [-0.39, 0.29) is 18.0 Å². The van der Waals surface area contributed by atoms with Gasteiger partial charge in [-0.25, -0.2) is 0 Å². The predicted octanol–water partition coefficient (Wildman–Crippen LogP) is 0.655. The minimum Gasteiger partial charge on any atom is -0.385 e. The van der Waals surface area contributed by atoms with Gasteiger partial charge in [0.05, 0.1) is 0 Å². The molecule has 0 radical (unpaired) electrons. The molecule has 88 valence electrons. The molecule has 0 aliphatic heterocycles. The Labute approximate surface area is 91.5 Å². The van der Waals surface area contributed by atoms with Gasteiger partial charge in [-0.1, -0.05) is 0 Å². The zero-order valence-corrected chi connectivity index (χ0v) is 9.66. The third-order valence-corrected chi connectivity index (χ3v) is 2.81. The van der Waals surface area contributed by atoms with Crippen molar-refractivity contribution in [2.45, 2.75) is 44.7 Å². The molecule has 1 saturated carbocycles. The van der Waals surface area contributed by atoms with Crippen molar-refractivity contribution in [2.24, 2.45) is 11.7 Å². The van der Waals surface area contributed by atoms with Crippen LogP contribution in [0.4, 0.5) is 0 Å². The van der Waals surface area contributed by atoms with Crippen LogP contribution in [0.3, 0.4) is 0 Å². The zero-order chi connectivity index (χ0) is 11.3. The fraction of sp³-hybridized carbons (Fsp3) is 0.909. The zero-order valence-electron chi connectivity index (χ0n) is 9.66. The van der Waals surface area contributed by atoms with Crippen LogP contribution in [0, 0.1) is 5.92 Å². The summed E-state index contributed by atoms with van der Waals surface area (Å²) in [6.07, 6.45) is 3.68. The van der Waals surface area contributed by atoms with Crippen molar-refractivity contribution in [1.82, 2.24) is 5.32 Å². The second-order valence-electron chi connectivity index (χ2n) is 4.46. The van der Waals surface area contributed by atoms with E-state index in [9.17, 15) is 4.79 Å². The first-order chi connectivity index (χ1) is 7.13. The molecule has 1 aliphatic carbocycles. The first-order valence-electron chi connectivity index (χ1n) is 5.67. The van der Waals surface area contributed by atoms with E-state index in [0.717, 1.165) is 6.42 Å². The molecule has 15 heavy (non-hydrogen) atoms. The van der Waals surface area contributed by atoms with Crippen LogP contribution in [0.1, 0.15) is 32.6 Å². The van der Waals surface area contributed by atoms with E-state index in [0.29, 0.717) is 18.9 Å². The van der Waals surface area contributed by atoms with Crippen molar-refractivity contribution in [1.29, 1.82) is 0 Å². The Kier molecular flexibility index (Phi) is 5.05. The summed E-state index contributed by atoms with van der Waals surface area (Å²) in [5.41, 5.74) is 5.87. The standard InChI is InChI=1S/C11H22N2O2/c1-8(5-6-15-2)13-11(14)7-10(12)9-3-4-9/h8-10H,3-7,12H2,1-2H3,(H,13,14). The molecule has 1 amide bonds. The Morgan fingerprint density at radius 1 is 1.60 bits per heavy atom. The lowest BCUT2D eigenvalue weighted by atomic mass is 10.1. The lowest BCUT2D eigenvalue weighted by Crippen LogP contribution is -2.38. The van der Waals surface area contributed by atoms with Crippen molar-refractivity contribution in [3.05, 3.63) is 0 Å². The summed E-state index contributed by atoms with van der Waals surface area (Å²) in [7, 11) is 1.66. The lowest BCUT2D eigenvalue weighted by Gasteiger charge is -2.15. The van der Waals surface area contributed by atoms with E-state index in [1.807, 2.05) is 6.92 Å². The molecule has 3 N–H and O–H groups in total. The van der Waals surface area contributed by atoms with Gasteiger partial charge in [0.25, 0.3) is 0 Å². The maximum absolute atomic E-state index is 11.5. The molecule has 2 atom stereocenters. The van der Waals surface area contributed by atoms with Gasteiger partial charge in [0.1, 0.15) is 0 Å². The van der Waals surface area contributed by atoms with Gasteiger partial charge in [0.15, 0.2) is 0 Å². The summed E-state index contributed by atoms with van der Waals surface area (Å²) < 4.78 is 4.95. The highest BCUT2D eigenvalue weighted by Crippen LogP contribution is 2.32. The molecule has 1 aliphatic rings. The molecule has 0 aromatic carbocycles. The van der Waals surface area contributed by atoms with Gasteiger partial charge in [-0.3, -0.25) is 4.79 Å². The molecule has 1 rings (SSSR count). The van der Waals surface area contributed by atoms with Crippen molar-refractivity contribution >= 4 is 5.91 Å². The third kappa shape index (κ3) is 5.14. The van der Waals surface area contributed by atoms with E-state index in [1.54, 1.807) is 7.11 Å². The minimum atomic E-state index is 0.0552. The summed E-state index contributed by atoms with van der Waals surface area (Å²) in [5.74, 6) is 0.656. The third-order valence-electron chi connectivity index (χ3n) is 2.81.